The number of hydrogen-bond acceptors (Lipinski definition) is 5. The summed E-state index contributed by atoms with van der Waals surface area (Å²) in [5, 5.41) is 5.33. The number of nitrogens with one attached hydrogen (secondary N) is 1. The van der Waals surface area contributed by atoms with Crippen LogP contribution in [-0.4, -0.2) is 23.3 Å². The molecule has 0 spiro atoms. The molecule has 0 saturated heterocycles. The molecule has 0 aliphatic rings. The number of carbonyl (C=O) groups is 1. The minimum Gasteiger partial charge on any atom is -0.345 e. The Kier molecular flexibility index (Phi) is 4.50. The van der Waals surface area contributed by atoms with E-state index < -0.39 is 10.0 Å². The molecule has 1 amide bonds. The van der Waals surface area contributed by atoms with Crippen molar-refractivity contribution in [1.82, 2.24) is 14.3 Å². The molecule has 24 heavy (non-hydrogen) atoms. The molecule has 0 unspecified atom stereocenters. The Morgan fingerprint density at radius 2 is 2.00 bits per heavy atom. The third-order valence-corrected chi connectivity index (χ3v) is 5.84. The third kappa shape index (κ3) is 3.39. The summed E-state index contributed by atoms with van der Waals surface area (Å²) in [4.78, 5) is 16.4. The first-order valence-electron chi connectivity index (χ1n) is 7.13. The molecule has 8 heteroatoms. The van der Waals surface area contributed by atoms with Crippen LogP contribution in [0.1, 0.15) is 20.9 Å². The SMILES string of the molecule is Cc1ccc(S(=O)(=O)n2ccc(C(=O)NCc3nccs3)c2)cc1. The van der Waals surface area contributed by atoms with E-state index >= 15 is 0 Å². The molecule has 124 valence electrons. The third-order valence-electron chi connectivity index (χ3n) is 3.41. The van der Waals surface area contributed by atoms with Crippen LogP contribution in [0.2, 0.25) is 0 Å². The zero-order valence-electron chi connectivity index (χ0n) is 12.8. The first-order valence-corrected chi connectivity index (χ1v) is 9.45. The molecular weight excluding hydrogens is 346 g/mol. The lowest BCUT2D eigenvalue weighted by Gasteiger charge is -2.06. The van der Waals surface area contributed by atoms with Gasteiger partial charge in [-0.25, -0.2) is 17.4 Å². The Hall–Kier alpha value is -2.45. The molecule has 2 aromatic heterocycles. The van der Waals surface area contributed by atoms with Crippen molar-refractivity contribution in [1.29, 1.82) is 0 Å². The van der Waals surface area contributed by atoms with Crippen molar-refractivity contribution in [3.8, 4) is 0 Å². The average molecular weight is 361 g/mol. The fourth-order valence-corrected chi connectivity index (χ4v) is 3.84. The molecule has 0 radical (unpaired) electrons. The van der Waals surface area contributed by atoms with Crippen molar-refractivity contribution >= 4 is 27.3 Å². The van der Waals surface area contributed by atoms with Crippen LogP contribution in [0.3, 0.4) is 0 Å². The van der Waals surface area contributed by atoms with Crippen molar-refractivity contribution in [2.45, 2.75) is 18.4 Å². The summed E-state index contributed by atoms with van der Waals surface area (Å²) >= 11 is 1.44. The molecule has 2 heterocycles. The van der Waals surface area contributed by atoms with E-state index in [0.29, 0.717) is 6.54 Å². The molecule has 0 bridgehead atoms. The number of thiazole rings is 1. The predicted octanol–water partition coefficient (Wildman–Crippen LogP) is 2.42. The summed E-state index contributed by atoms with van der Waals surface area (Å²) in [7, 11) is -3.70. The maximum Gasteiger partial charge on any atom is 0.267 e. The summed E-state index contributed by atoms with van der Waals surface area (Å²) < 4.78 is 26.1. The molecule has 0 atom stereocenters. The average Bonchev–Trinajstić information content (AvgIpc) is 3.25. The monoisotopic (exact) mass is 361 g/mol. The second-order valence-corrected chi connectivity index (χ2v) is 7.98. The Bertz CT molecular complexity index is 943. The molecule has 3 aromatic rings. The minimum atomic E-state index is -3.70. The number of benzene rings is 1. The molecule has 6 nitrogen and oxygen atoms in total. The summed E-state index contributed by atoms with van der Waals surface area (Å²) in [6.45, 7) is 2.20. The highest BCUT2D eigenvalue weighted by atomic mass is 32.2. The van der Waals surface area contributed by atoms with Crippen LogP contribution in [0.25, 0.3) is 0 Å². The van der Waals surface area contributed by atoms with Crippen molar-refractivity contribution in [2.75, 3.05) is 0 Å². The van der Waals surface area contributed by atoms with Crippen molar-refractivity contribution < 1.29 is 13.2 Å². The number of aryl methyl sites for hydroxylation is 1. The molecule has 0 saturated carbocycles. The van der Waals surface area contributed by atoms with E-state index in [0.717, 1.165) is 14.5 Å². The fourth-order valence-electron chi connectivity index (χ4n) is 2.09. The van der Waals surface area contributed by atoms with E-state index in [2.05, 4.69) is 10.3 Å². The van der Waals surface area contributed by atoms with Gasteiger partial charge in [-0.15, -0.1) is 11.3 Å². The number of hydrogen-bond donors (Lipinski definition) is 1. The van der Waals surface area contributed by atoms with Gasteiger partial charge in [-0.3, -0.25) is 4.79 Å². The van der Waals surface area contributed by atoms with Crippen molar-refractivity contribution in [3.63, 3.8) is 0 Å². The van der Waals surface area contributed by atoms with Gasteiger partial charge in [0.05, 0.1) is 17.0 Å². The van der Waals surface area contributed by atoms with Crippen LogP contribution in [0.5, 0.6) is 0 Å². The van der Waals surface area contributed by atoms with E-state index in [-0.39, 0.29) is 16.4 Å². The first kappa shape index (κ1) is 16.4. The number of rotatable bonds is 5. The lowest BCUT2D eigenvalue weighted by Crippen LogP contribution is -2.22. The van der Waals surface area contributed by atoms with Gasteiger partial charge in [-0.1, -0.05) is 17.7 Å². The Morgan fingerprint density at radius 1 is 1.25 bits per heavy atom. The lowest BCUT2D eigenvalue weighted by molar-refractivity contribution is 0.0951. The Labute approximate surface area is 143 Å². The van der Waals surface area contributed by atoms with Gasteiger partial charge in [-0.05, 0) is 25.1 Å². The lowest BCUT2D eigenvalue weighted by atomic mass is 10.2. The van der Waals surface area contributed by atoms with Gasteiger partial charge in [0.2, 0.25) is 0 Å². The van der Waals surface area contributed by atoms with Crippen LogP contribution in [0.15, 0.2) is 59.2 Å². The Balaban J connectivity index is 1.77. The predicted molar refractivity (Wildman–Crippen MR) is 91.5 cm³/mol. The standard InChI is InChI=1S/C16H15N3O3S2/c1-12-2-4-14(5-3-12)24(21,22)19-8-6-13(11-19)16(20)18-10-15-17-7-9-23-15/h2-9,11H,10H2,1H3,(H,18,20). The van der Waals surface area contributed by atoms with Gasteiger partial charge >= 0.3 is 0 Å². The number of amides is 1. The highest BCUT2D eigenvalue weighted by molar-refractivity contribution is 7.90. The maximum atomic E-state index is 12.5. The van der Waals surface area contributed by atoms with Crippen molar-refractivity contribution in [3.05, 3.63) is 70.4 Å². The number of carbonyl (C=O) groups excluding carboxylic acids is 1. The Morgan fingerprint density at radius 3 is 2.67 bits per heavy atom. The molecular formula is C16H15N3O3S2. The normalized spacial score (nSPS) is 11.4. The molecule has 3 rings (SSSR count). The quantitative estimate of drug-likeness (QED) is 0.757. The molecule has 0 aliphatic carbocycles. The zero-order valence-corrected chi connectivity index (χ0v) is 14.5. The summed E-state index contributed by atoms with van der Waals surface area (Å²) in [6, 6.07) is 8.04. The van der Waals surface area contributed by atoms with E-state index in [1.807, 2.05) is 12.3 Å². The summed E-state index contributed by atoms with van der Waals surface area (Å²) in [5.41, 5.74) is 1.26. The highest BCUT2D eigenvalue weighted by Crippen LogP contribution is 2.16. The van der Waals surface area contributed by atoms with Gasteiger partial charge in [0.25, 0.3) is 15.9 Å². The van der Waals surface area contributed by atoms with Gasteiger partial charge in [0.1, 0.15) is 5.01 Å². The zero-order chi connectivity index (χ0) is 17.2. The topological polar surface area (TPSA) is 81.1 Å². The largest absolute Gasteiger partial charge is 0.345 e. The van der Waals surface area contributed by atoms with Gasteiger partial charge < -0.3 is 5.32 Å². The minimum absolute atomic E-state index is 0.179. The van der Waals surface area contributed by atoms with Crippen LogP contribution in [0, 0.1) is 6.92 Å². The highest BCUT2D eigenvalue weighted by Gasteiger charge is 2.18. The van der Waals surface area contributed by atoms with Gasteiger partial charge in [-0.2, -0.15) is 0 Å². The second kappa shape index (κ2) is 6.58. The van der Waals surface area contributed by atoms with Crippen LogP contribution >= 0.6 is 11.3 Å². The van der Waals surface area contributed by atoms with Crippen LogP contribution in [-0.2, 0) is 16.6 Å². The maximum absolute atomic E-state index is 12.5. The summed E-state index contributed by atoms with van der Waals surface area (Å²) in [6.07, 6.45) is 4.34. The fraction of sp³-hybridized carbons (Fsp3) is 0.125. The van der Waals surface area contributed by atoms with E-state index in [1.54, 1.807) is 30.5 Å². The number of nitrogens with zero attached hydrogens (tertiary/aromatic N) is 2. The molecule has 1 N–H and O–H groups in total. The molecule has 0 fully saturated rings. The van der Waals surface area contributed by atoms with Gasteiger partial charge in [0, 0.05) is 24.0 Å². The molecule has 0 aliphatic heterocycles. The van der Waals surface area contributed by atoms with Crippen molar-refractivity contribution in [2.24, 2.45) is 0 Å². The first-order chi connectivity index (χ1) is 11.5. The van der Waals surface area contributed by atoms with E-state index in [1.165, 1.54) is 29.8 Å². The van der Waals surface area contributed by atoms with Crippen LogP contribution < -0.4 is 5.32 Å². The van der Waals surface area contributed by atoms with E-state index in [9.17, 15) is 13.2 Å². The van der Waals surface area contributed by atoms with Crippen LogP contribution in [0.4, 0.5) is 0 Å². The number of aromatic nitrogens is 2. The summed E-state index contributed by atoms with van der Waals surface area (Å²) in [5.74, 6) is -0.344. The molecule has 1 aromatic carbocycles. The van der Waals surface area contributed by atoms with Gasteiger partial charge in [0.15, 0.2) is 0 Å². The van der Waals surface area contributed by atoms with E-state index in [4.69, 9.17) is 0 Å². The smallest absolute Gasteiger partial charge is 0.267 e. The second-order valence-electron chi connectivity index (χ2n) is 5.16.